The molecule has 1 heterocycles. The van der Waals surface area contributed by atoms with Gasteiger partial charge in [-0.3, -0.25) is 29.0 Å². The monoisotopic (exact) mass is 896 g/mol. The molecule has 2 aliphatic carbocycles. The zero-order valence-electron chi connectivity index (χ0n) is 37.8. The maximum atomic E-state index is 12.4. The number of hydrogen-bond acceptors (Lipinski definition) is 7. The number of hydrogen-bond donors (Lipinski definition) is 4. The van der Waals surface area contributed by atoms with Crippen LogP contribution in [0.3, 0.4) is 0 Å². The largest absolute Gasteiger partial charge is 0.356 e. The van der Waals surface area contributed by atoms with Gasteiger partial charge >= 0.3 is 0 Å². The summed E-state index contributed by atoms with van der Waals surface area (Å²) in [5.41, 5.74) is 3.79. The average Bonchev–Trinajstić information content (AvgIpc) is 3.84. The molecule has 63 heavy (non-hydrogen) atoms. The van der Waals surface area contributed by atoms with Crippen molar-refractivity contribution in [3.05, 3.63) is 129 Å². The fraction of sp³-hybridized carbons (Fsp3) is 0.490. The highest BCUT2D eigenvalue weighted by Crippen LogP contribution is 2.43. The van der Waals surface area contributed by atoms with Crippen LogP contribution in [0.15, 0.2) is 102 Å². The van der Waals surface area contributed by atoms with E-state index in [1.807, 2.05) is 59.9 Å². The molecule has 12 heteroatoms. The van der Waals surface area contributed by atoms with E-state index in [-0.39, 0.29) is 72.5 Å². The fourth-order valence-corrected chi connectivity index (χ4v) is 10.4. The minimum atomic E-state index is -0.0958. The minimum absolute atomic E-state index is 0.0158. The van der Waals surface area contributed by atoms with Gasteiger partial charge < -0.3 is 21.3 Å². The van der Waals surface area contributed by atoms with Gasteiger partial charge in [0.25, 0.3) is 0 Å². The van der Waals surface area contributed by atoms with Gasteiger partial charge in [0, 0.05) is 66.3 Å². The van der Waals surface area contributed by atoms with Gasteiger partial charge in [-0.2, -0.15) is 0 Å². The van der Waals surface area contributed by atoms with Gasteiger partial charge in [0.1, 0.15) is 0 Å². The van der Waals surface area contributed by atoms with E-state index in [0.29, 0.717) is 18.1 Å². The van der Waals surface area contributed by atoms with Crippen molar-refractivity contribution in [2.45, 2.75) is 119 Å². The maximum Gasteiger partial charge on any atom is 0.220 e. The zero-order valence-corrected chi connectivity index (χ0v) is 39.4. The van der Waals surface area contributed by atoms with Gasteiger partial charge in [-0.15, -0.1) is 11.3 Å². The number of amides is 4. The first-order valence-corrected chi connectivity index (χ1v) is 24.0. The van der Waals surface area contributed by atoms with Crippen molar-refractivity contribution < 1.29 is 19.2 Å². The lowest BCUT2D eigenvalue weighted by atomic mass is 9.74. The summed E-state index contributed by atoms with van der Waals surface area (Å²) in [7, 11) is 8.57. The topological polar surface area (TPSA) is 123 Å². The molecule has 0 aliphatic heterocycles. The third-order valence-corrected chi connectivity index (χ3v) is 14.2. The summed E-state index contributed by atoms with van der Waals surface area (Å²) < 4.78 is 0. The Kier molecular flexibility index (Phi) is 19.7. The Morgan fingerprint density at radius 2 is 1.10 bits per heavy atom. The Balaban J connectivity index is 0.000000238. The Morgan fingerprint density at radius 3 is 1.62 bits per heavy atom. The molecule has 2 saturated carbocycles. The Hall–Kier alpha value is -4.55. The Bertz CT molecular complexity index is 2000. The number of benzene rings is 3. The molecule has 0 bridgehead atoms. The van der Waals surface area contributed by atoms with Crippen molar-refractivity contribution in [2.24, 2.45) is 0 Å². The molecule has 2 aliphatic rings. The molecule has 3 aromatic carbocycles. The van der Waals surface area contributed by atoms with E-state index in [1.54, 1.807) is 0 Å². The van der Waals surface area contributed by atoms with Crippen molar-refractivity contribution in [3.8, 4) is 0 Å². The summed E-state index contributed by atoms with van der Waals surface area (Å²) in [6.07, 6.45) is 11.4. The number of carbonyl (C=O) groups excluding carboxylic acids is 4. The van der Waals surface area contributed by atoms with E-state index in [2.05, 4.69) is 113 Å². The molecule has 0 unspecified atom stereocenters. The number of carbonyl (C=O) groups is 4. The van der Waals surface area contributed by atoms with Crippen molar-refractivity contribution in [3.63, 3.8) is 0 Å². The van der Waals surface area contributed by atoms with E-state index in [0.717, 1.165) is 76.2 Å². The molecule has 340 valence electrons. The molecular weight excluding hydrogens is 828 g/mol. The molecule has 4 aromatic rings. The minimum Gasteiger partial charge on any atom is -0.356 e. The second-order valence-electron chi connectivity index (χ2n) is 17.5. The predicted molar refractivity (Wildman–Crippen MR) is 257 cm³/mol. The van der Waals surface area contributed by atoms with Crippen LogP contribution in [0.25, 0.3) is 0 Å². The van der Waals surface area contributed by atoms with Gasteiger partial charge in [-0.1, -0.05) is 90.5 Å². The number of nitrogens with one attached hydrogen (secondary N) is 4. The van der Waals surface area contributed by atoms with E-state index in [1.165, 1.54) is 16.0 Å². The van der Waals surface area contributed by atoms with Gasteiger partial charge in [-0.05, 0) is 139 Å². The number of thiophene rings is 1. The van der Waals surface area contributed by atoms with Gasteiger partial charge in [-0.25, -0.2) is 0 Å². The van der Waals surface area contributed by atoms with E-state index < -0.39 is 0 Å². The van der Waals surface area contributed by atoms with Crippen LogP contribution in [0.2, 0.25) is 5.02 Å². The highest BCUT2D eigenvalue weighted by atomic mass is 35.5. The predicted octanol–water partition coefficient (Wildman–Crippen LogP) is 8.39. The Morgan fingerprint density at radius 1 is 0.587 bits per heavy atom. The molecule has 4 N–H and O–H groups in total. The van der Waals surface area contributed by atoms with E-state index in [4.69, 9.17) is 11.6 Å². The van der Waals surface area contributed by atoms with Crippen molar-refractivity contribution >= 4 is 46.6 Å². The summed E-state index contributed by atoms with van der Waals surface area (Å²) >= 11 is 7.80. The number of halogens is 1. The first kappa shape index (κ1) is 49.5. The van der Waals surface area contributed by atoms with Crippen LogP contribution in [-0.4, -0.2) is 86.8 Å². The molecule has 10 nitrogen and oxygen atoms in total. The average molecular weight is 898 g/mol. The highest BCUT2D eigenvalue weighted by Gasteiger charge is 2.40. The molecular formula is C51H69ClN6O4S. The number of rotatable bonds is 19. The molecule has 4 amide bonds. The molecule has 2 fully saturated rings. The summed E-state index contributed by atoms with van der Waals surface area (Å²) in [6.45, 7) is 1.18. The first-order chi connectivity index (χ1) is 30.4. The van der Waals surface area contributed by atoms with Crippen molar-refractivity contribution in [1.82, 2.24) is 31.1 Å². The van der Waals surface area contributed by atoms with Crippen molar-refractivity contribution in [1.29, 1.82) is 0 Å². The van der Waals surface area contributed by atoms with Crippen LogP contribution < -0.4 is 21.3 Å². The summed E-state index contributed by atoms with van der Waals surface area (Å²) in [6, 6.07) is 33.2. The number of nitrogens with zero attached hydrogens (tertiary/aromatic N) is 2. The molecule has 0 radical (unpaired) electrons. The maximum absolute atomic E-state index is 12.4. The summed E-state index contributed by atoms with van der Waals surface area (Å²) in [5, 5.41) is 14.9. The second-order valence-corrected chi connectivity index (χ2v) is 18.9. The lowest BCUT2D eigenvalue weighted by Crippen LogP contribution is -2.48. The molecule has 6 rings (SSSR count). The smallest absolute Gasteiger partial charge is 0.220 e. The second kappa shape index (κ2) is 25.1. The van der Waals surface area contributed by atoms with Crippen LogP contribution >= 0.6 is 22.9 Å². The van der Waals surface area contributed by atoms with Gasteiger partial charge in [0.05, 0.1) is 5.54 Å². The van der Waals surface area contributed by atoms with Crippen LogP contribution in [0.1, 0.15) is 105 Å². The SMILES string of the molecule is CN(C)C1(c2ccccc2)CCC(NC(=O)CCC(=O)NCCc2cccc(Cl)c2)CC1.CN(C)C1(c2cccs2)CCC(NC(=O)CCC(=O)NCCCc2ccccc2)CC1. The van der Waals surface area contributed by atoms with Crippen molar-refractivity contribution in [2.75, 3.05) is 41.3 Å². The highest BCUT2D eigenvalue weighted by molar-refractivity contribution is 7.10. The Labute approximate surface area is 384 Å². The quantitative estimate of drug-likeness (QED) is 0.0702. The molecule has 0 saturated heterocycles. The standard InChI is InChI=1S/C26H34ClN3O2.C25H35N3O2S/c1-30(2)26(21-8-4-3-5-9-21)16-13-23(14-17-26)29-25(32)12-11-24(31)28-18-15-20-7-6-10-22(27)19-20;1-28(2)25(22-11-7-19-31-22)16-14-21(15-17-25)27-24(30)13-12-23(29)26-18-6-10-20-8-4-3-5-9-20/h3-10,19,23H,11-18H2,1-2H3,(H,28,31)(H,29,32);3-5,7-9,11,19,21H,6,10,12-18H2,1-2H3,(H,26,29)(H,27,30). The van der Waals surface area contributed by atoms with E-state index >= 15 is 0 Å². The summed E-state index contributed by atoms with van der Waals surface area (Å²) in [5.74, 6) is -0.201. The number of aryl methyl sites for hydroxylation is 1. The summed E-state index contributed by atoms with van der Waals surface area (Å²) in [4.78, 5) is 54.9. The fourth-order valence-electron chi connectivity index (χ4n) is 9.11. The lowest BCUT2D eigenvalue weighted by Gasteiger charge is -2.45. The van der Waals surface area contributed by atoms with Gasteiger partial charge in [0.2, 0.25) is 23.6 Å². The third kappa shape index (κ3) is 15.3. The van der Waals surface area contributed by atoms with Crippen LogP contribution in [0, 0.1) is 0 Å². The third-order valence-electron chi connectivity index (χ3n) is 12.9. The van der Waals surface area contributed by atoms with E-state index in [9.17, 15) is 19.2 Å². The lowest BCUT2D eigenvalue weighted by molar-refractivity contribution is -0.127. The van der Waals surface area contributed by atoms with Gasteiger partial charge in [0.15, 0.2) is 0 Å². The molecule has 0 spiro atoms. The molecule has 1 aromatic heterocycles. The molecule has 0 atom stereocenters. The van der Waals surface area contributed by atoms with Crippen LogP contribution in [0.5, 0.6) is 0 Å². The zero-order chi connectivity index (χ0) is 45.1. The van der Waals surface area contributed by atoms with Crippen LogP contribution in [0.4, 0.5) is 0 Å². The normalized spacial score (nSPS) is 20.9. The first-order valence-electron chi connectivity index (χ1n) is 22.7. The van der Waals surface area contributed by atoms with Crippen LogP contribution in [-0.2, 0) is 43.1 Å².